The molecule has 12 heteroatoms. The number of pyridine rings is 1. The van der Waals surface area contributed by atoms with Crippen LogP contribution in [-0.4, -0.2) is 83.1 Å². The van der Waals surface area contributed by atoms with Crippen LogP contribution in [-0.2, 0) is 23.2 Å². The molecular formula is C23H24N8O4. The van der Waals surface area contributed by atoms with Gasteiger partial charge in [0.15, 0.2) is 11.4 Å². The Morgan fingerprint density at radius 1 is 1.29 bits per heavy atom. The normalized spacial score (nSPS) is 26.5. The average molecular weight is 476 g/mol. The summed E-state index contributed by atoms with van der Waals surface area (Å²) in [5.41, 5.74) is 2.07. The fourth-order valence-electron chi connectivity index (χ4n) is 6.05. The van der Waals surface area contributed by atoms with E-state index in [0.717, 1.165) is 29.8 Å². The molecule has 1 N–H and O–H groups in total. The summed E-state index contributed by atoms with van der Waals surface area (Å²) in [6.07, 6.45) is 3.85. The molecule has 7 heterocycles. The number of hydrogen-bond acceptors (Lipinski definition) is 8. The molecule has 3 atom stereocenters. The van der Waals surface area contributed by atoms with Gasteiger partial charge in [0, 0.05) is 31.8 Å². The molecule has 0 spiro atoms. The maximum absolute atomic E-state index is 13.8. The zero-order valence-electron chi connectivity index (χ0n) is 19.2. The number of tetrazole rings is 1. The van der Waals surface area contributed by atoms with Gasteiger partial charge >= 0.3 is 0 Å². The van der Waals surface area contributed by atoms with E-state index in [1.54, 1.807) is 16.0 Å². The van der Waals surface area contributed by atoms with Crippen LogP contribution in [0.2, 0.25) is 0 Å². The van der Waals surface area contributed by atoms with Gasteiger partial charge in [-0.2, -0.15) is 5.21 Å². The molecule has 0 aromatic carbocycles. The maximum Gasteiger partial charge on any atom is 0.270 e. The minimum Gasteiger partial charge on any atom is -0.486 e. The molecule has 2 bridgehead atoms. The summed E-state index contributed by atoms with van der Waals surface area (Å²) < 4.78 is 13.8. The first kappa shape index (κ1) is 20.6. The van der Waals surface area contributed by atoms with E-state index in [4.69, 9.17) is 9.47 Å². The average Bonchev–Trinajstić information content (AvgIpc) is 3.70. The van der Waals surface area contributed by atoms with Gasteiger partial charge in [-0.05, 0) is 31.0 Å². The summed E-state index contributed by atoms with van der Waals surface area (Å²) in [5.74, 6) is 1.01. The van der Waals surface area contributed by atoms with Crippen molar-refractivity contribution in [3.05, 3.63) is 41.5 Å². The summed E-state index contributed by atoms with van der Waals surface area (Å²) in [4.78, 5) is 35.6. The van der Waals surface area contributed by atoms with Crippen molar-refractivity contribution in [1.82, 2.24) is 40.0 Å². The predicted octanol–water partition coefficient (Wildman–Crippen LogP) is 0.840. The van der Waals surface area contributed by atoms with E-state index in [0.29, 0.717) is 43.4 Å². The van der Waals surface area contributed by atoms with Gasteiger partial charge in [-0.25, -0.2) is 0 Å². The highest BCUT2D eigenvalue weighted by Gasteiger charge is 2.59. The number of ether oxygens (including phenoxy) is 2. The number of fused-ring (bicyclic) bond motifs is 5. The van der Waals surface area contributed by atoms with Gasteiger partial charge < -0.3 is 23.8 Å². The third kappa shape index (κ3) is 2.89. The van der Waals surface area contributed by atoms with Crippen LogP contribution in [0.3, 0.4) is 0 Å². The molecule has 0 aliphatic carbocycles. The van der Waals surface area contributed by atoms with Crippen molar-refractivity contribution < 1.29 is 19.1 Å². The SMILES string of the molecule is Cn1c(C(=O)N2C[C@]3(C(=O)N4CCC[C@@H]4c4nn[nH]n4)C[C@H]2CO3)cc2c1-c1ncccc1OC2. The van der Waals surface area contributed by atoms with Crippen molar-refractivity contribution >= 4 is 11.8 Å². The second-order valence-corrected chi connectivity index (χ2v) is 9.62. The summed E-state index contributed by atoms with van der Waals surface area (Å²) in [5, 5.41) is 14.3. The largest absolute Gasteiger partial charge is 0.486 e. The van der Waals surface area contributed by atoms with Crippen molar-refractivity contribution in [1.29, 1.82) is 0 Å². The number of carbonyl (C=O) groups excluding carboxylic acids is 2. The molecule has 180 valence electrons. The number of hydrogen-bond donors (Lipinski definition) is 1. The van der Waals surface area contributed by atoms with Gasteiger partial charge in [-0.1, -0.05) is 5.21 Å². The lowest BCUT2D eigenvalue weighted by molar-refractivity contribution is -0.156. The number of H-pyrrole nitrogens is 1. The molecule has 0 saturated carbocycles. The number of aromatic amines is 1. The van der Waals surface area contributed by atoms with Gasteiger partial charge in [0.05, 0.1) is 30.9 Å². The molecule has 4 aliphatic heterocycles. The Kier molecular flexibility index (Phi) is 4.32. The molecule has 3 aromatic rings. The second-order valence-electron chi connectivity index (χ2n) is 9.62. The fraction of sp³-hybridized carbons (Fsp3) is 0.478. The van der Waals surface area contributed by atoms with Crippen molar-refractivity contribution in [3.8, 4) is 17.1 Å². The Morgan fingerprint density at radius 2 is 2.20 bits per heavy atom. The first-order valence-electron chi connectivity index (χ1n) is 11.8. The van der Waals surface area contributed by atoms with Crippen LogP contribution in [0.5, 0.6) is 5.75 Å². The minimum absolute atomic E-state index is 0.0969. The lowest BCUT2D eigenvalue weighted by Crippen LogP contribution is -2.54. The number of likely N-dealkylation sites (tertiary alicyclic amines) is 2. The highest BCUT2D eigenvalue weighted by Crippen LogP contribution is 2.43. The number of carbonyl (C=O) groups is 2. The van der Waals surface area contributed by atoms with E-state index in [9.17, 15) is 9.59 Å². The quantitative estimate of drug-likeness (QED) is 0.588. The van der Waals surface area contributed by atoms with E-state index in [2.05, 4.69) is 25.6 Å². The van der Waals surface area contributed by atoms with Crippen molar-refractivity contribution in [2.24, 2.45) is 7.05 Å². The Balaban J connectivity index is 1.16. The van der Waals surface area contributed by atoms with Crippen molar-refractivity contribution in [3.63, 3.8) is 0 Å². The molecule has 35 heavy (non-hydrogen) atoms. The Hall–Kier alpha value is -3.80. The molecule has 0 radical (unpaired) electrons. The van der Waals surface area contributed by atoms with E-state index in [-0.39, 0.29) is 30.4 Å². The number of rotatable bonds is 3. The van der Waals surface area contributed by atoms with Crippen LogP contribution in [0.4, 0.5) is 0 Å². The fourth-order valence-corrected chi connectivity index (χ4v) is 6.05. The minimum atomic E-state index is -1.03. The lowest BCUT2D eigenvalue weighted by Gasteiger charge is -2.35. The standard InChI is InChI=1S/C23H24N8O4/c1-29-16(8-13-10-34-17-5-2-6-24-18(17)19(13)29)21(32)31-12-23(9-14(31)11-35-23)22(33)30-7-3-4-15(30)20-25-27-28-26-20/h2,5-6,8,14-15H,3-4,7,9-12H2,1H3,(H,25,26,27,28)/t14-,15+,23-/m0/s1. The monoisotopic (exact) mass is 476 g/mol. The summed E-state index contributed by atoms with van der Waals surface area (Å²) >= 11 is 0. The van der Waals surface area contributed by atoms with Crippen molar-refractivity contribution in [2.75, 3.05) is 19.7 Å². The predicted molar refractivity (Wildman–Crippen MR) is 119 cm³/mol. The summed E-state index contributed by atoms with van der Waals surface area (Å²) in [7, 11) is 1.88. The van der Waals surface area contributed by atoms with Gasteiger partial charge in [0.1, 0.15) is 23.7 Å². The second kappa shape index (κ2) is 7.35. The maximum atomic E-state index is 13.8. The molecular weight excluding hydrogens is 452 g/mol. The molecule has 3 aromatic heterocycles. The van der Waals surface area contributed by atoms with Crippen LogP contribution in [0, 0.1) is 0 Å². The Bertz CT molecular complexity index is 1340. The highest BCUT2D eigenvalue weighted by molar-refractivity contribution is 5.97. The van der Waals surface area contributed by atoms with Gasteiger partial charge in [-0.15, -0.1) is 10.2 Å². The van der Waals surface area contributed by atoms with Gasteiger partial charge in [0.2, 0.25) is 0 Å². The first-order valence-corrected chi connectivity index (χ1v) is 11.8. The van der Waals surface area contributed by atoms with Gasteiger partial charge in [0.25, 0.3) is 11.8 Å². The highest BCUT2D eigenvalue weighted by atomic mass is 16.5. The van der Waals surface area contributed by atoms with Crippen LogP contribution in [0.25, 0.3) is 11.4 Å². The molecule has 4 aliphatic rings. The van der Waals surface area contributed by atoms with Crippen LogP contribution < -0.4 is 4.74 Å². The molecule has 3 saturated heterocycles. The number of amides is 2. The number of morpholine rings is 1. The number of aromatic nitrogens is 6. The first-order chi connectivity index (χ1) is 17.1. The van der Waals surface area contributed by atoms with E-state index < -0.39 is 5.60 Å². The van der Waals surface area contributed by atoms with E-state index in [1.807, 2.05) is 29.8 Å². The molecule has 7 rings (SSSR count). The molecule has 0 unspecified atom stereocenters. The van der Waals surface area contributed by atoms with Crippen LogP contribution in [0.15, 0.2) is 24.4 Å². The Morgan fingerprint density at radius 3 is 3.06 bits per heavy atom. The third-order valence-electron chi connectivity index (χ3n) is 7.72. The molecule has 12 nitrogen and oxygen atoms in total. The lowest BCUT2D eigenvalue weighted by atomic mass is 10.0. The topological polar surface area (TPSA) is 131 Å². The molecule has 3 fully saturated rings. The summed E-state index contributed by atoms with van der Waals surface area (Å²) in [6.45, 7) is 1.57. The van der Waals surface area contributed by atoms with Crippen LogP contribution >= 0.6 is 0 Å². The summed E-state index contributed by atoms with van der Waals surface area (Å²) in [6, 6.07) is 5.22. The zero-order valence-corrected chi connectivity index (χ0v) is 19.2. The van der Waals surface area contributed by atoms with Crippen LogP contribution in [0.1, 0.15) is 47.2 Å². The van der Waals surface area contributed by atoms with Gasteiger partial charge in [-0.3, -0.25) is 14.6 Å². The third-order valence-corrected chi connectivity index (χ3v) is 7.72. The zero-order chi connectivity index (χ0) is 23.7. The van der Waals surface area contributed by atoms with E-state index in [1.165, 1.54) is 0 Å². The Labute approximate surface area is 200 Å². The van der Waals surface area contributed by atoms with E-state index >= 15 is 0 Å². The number of nitrogens with zero attached hydrogens (tertiary/aromatic N) is 7. The number of nitrogens with one attached hydrogen (secondary N) is 1. The molecule has 2 amide bonds. The smallest absolute Gasteiger partial charge is 0.270 e. The van der Waals surface area contributed by atoms with Crippen molar-refractivity contribution in [2.45, 2.75) is 43.6 Å².